The van der Waals surface area contributed by atoms with Gasteiger partial charge in [-0.25, -0.2) is 15.2 Å². The van der Waals surface area contributed by atoms with Gasteiger partial charge in [-0.3, -0.25) is 9.59 Å². The van der Waals surface area contributed by atoms with Crippen LogP contribution in [0, 0.1) is 5.82 Å². The van der Waals surface area contributed by atoms with E-state index in [0.29, 0.717) is 43.2 Å². The number of hydrazine groups is 1. The largest absolute Gasteiger partial charge is 0.338 e. The van der Waals surface area contributed by atoms with Crippen molar-refractivity contribution < 1.29 is 14.0 Å². The first kappa shape index (κ1) is 19.8. The highest BCUT2D eigenvalue weighted by Crippen LogP contribution is 2.24. The zero-order valence-corrected chi connectivity index (χ0v) is 16.5. The Morgan fingerprint density at radius 2 is 1.52 bits per heavy atom. The molecule has 2 N–H and O–H groups in total. The molecule has 2 aromatic carbocycles. The van der Waals surface area contributed by atoms with E-state index in [4.69, 9.17) is 11.6 Å². The third-order valence-corrected chi connectivity index (χ3v) is 5.70. The van der Waals surface area contributed by atoms with Crippen LogP contribution in [0.3, 0.4) is 0 Å². The Morgan fingerprint density at radius 1 is 0.897 bits per heavy atom. The van der Waals surface area contributed by atoms with Crippen molar-refractivity contribution in [1.29, 1.82) is 0 Å². The van der Waals surface area contributed by atoms with Crippen LogP contribution in [0.2, 0.25) is 5.02 Å². The average Bonchev–Trinajstić information content (AvgIpc) is 3.24. The number of carbonyl (C=O) groups excluding carboxylic acids is 2. The summed E-state index contributed by atoms with van der Waals surface area (Å²) >= 11 is 5.94. The summed E-state index contributed by atoms with van der Waals surface area (Å²) in [6.07, 6.45) is 0.648. The maximum atomic E-state index is 13.0. The van der Waals surface area contributed by atoms with Gasteiger partial charge in [-0.1, -0.05) is 23.7 Å². The molecule has 0 spiro atoms. The molecule has 4 rings (SSSR count). The van der Waals surface area contributed by atoms with Gasteiger partial charge in [-0.05, 0) is 48.4 Å². The molecule has 0 radical (unpaired) electrons. The van der Waals surface area contributed by atoms with Crippen molar-refractivity contribution in [2.75, 3.05) is 26.2 Å². The molecule has 6 nitrogen and oxygen atoms in total. The molecule has 29 heavy (non-hydrogen) atoms. The van der Waals surface area contributed by atoms with Crippen LogP contribution in [-0.4, -0.2) is 53.8 Å². The van der Waals surface area contributed by atoms with E-state index in [1.807, 2.05) is 24.3 Å². The Morgan fingerprint density at radius 3 is 2.17 bits per heavy atom. The van der Waals surface area contributed by atoms with E-state index in [1.165, 1.54) is 24.3 Å². The molecular formula is C21H22ClFN4O2. The minimum Gasteiger partial charge on any atom is -0.338 e. The van der Waals surface area contributed by atoms with Gasteiger partial charge in [0.25, 0.3) is 5.91 Å². The first-order chi connectivity index (χ1) is 14.0. The summed E-state index contributed by atoms with van der Waals surface area (Å²) in [6.45, 7) is 1.89. The topological polar surface area (TPSA) is 64.7 Å². The van der Waals surface area contributed by atoms with Crippen molar-refractivity contribution in [3.63, 3.8) is 0 Å². The van der Waals surface area contributed by atoms with Gasteiger partial charge in [0.05, 0.1) is 0 Å². The van der Waals surface area contributed by atoms with Gasteiger partial charge in [0.15, 0.2) is 0 Å². The van der Waals surface area contributed by atoms with Crippen LogP contribution in [-0.2, 0) is 4.79 Å². The molecule has 0 saturated carbocycles. The fourth-order valence-electron chi connectivity index (χ4n) is 3.76. The second kappa shape index (κ2) is 8.49. The molecule has 2 heterocycles. The summed E-state index contributed by atoms with van der Waals surface area (Å²) in [4.78, 5) is 28.9. The molecule has 0 aromatic heterocycles. The standard InChI is InChI=1S/C21H22ClFN4O2/c22-16-5-1-14(2-6-16)18-13-19(25-24-18)21(29)27-11-9-26(10-12-27)20(28)15-3-7-17(23)8-4-15/h1-8,18-19,24-25H,9-13H2. The minimum atomic E-state index is -0.369. The van der Waals surface area contributed by atoms with E-state index >= 15 is 0 Å². The van der Waals surface area contributed by atoms with E-state index < -0.39 is 0 Å². The monoisotopic (exact) mass is 416 g/mol. The predicted octanol–water partition coefficient (Wildman–Crippen LogP) is 2.37. The Balaban J connectivity index is 1.30. The second-order valence-corrected chi connectivity index (χ2v) is 7.74. The molecule has 0 bridgehead atoms. The normalized spacial score (nSPS) is 22.0. The predicted molar refractivity (Wildman–Crippen MR) is 108 cm³/mol. The van der Waals surface area contributed by atoms with Crippen LogP contribution in [0.1, 0.15) is 28.4 Å². The number of rotatable bonds is 3. The maximum absolute atomic E-state index is 13.0. The van der Waals surface area contributed by atoms with Crippen LogP contribution in [0.15, 0.2) is 48.5 Å². The van der Waals surface area contributed by atoms with Gasteiger partial charge in [0.1, 0.15) is 11.9 Å². The third kappa shape index (κ3) is 4.42. The summed E-state index contributed by atoms with van der Waals surface area (Å²) in [5.41, 5.74) is 7.80. The van der Waals surface area contributed by atoms with Crippen molar-refractivity contribution in [2.24, 2.45) is 0 Å². The maximum Gasteiger partial charge on any atom is 0.253 e. The molecule has 2 aliphatic rings. The van der Waals surface area contributed by atoms with Crippen molar-refractivity contribution in [1.82, 2.24) is 20.7 Å². The number of piperazine rings is 1. The van der Waals surface area contributed by atoms with Crippen LogP contribution in [0.4, 0.5) is 4.39 Å². The number of amides is 2. The first-order valence-electron chi connectivity index (χ1n) is 9.61. The van der Waals surface area contributed by atoms with Crippen LogP contribution in [0.5, 0.6) is 0 Å². The van der Waals surface area contributed by atoms with Gasteiger partial charge < -0.3 is 9.80 Å². The quantitative estimate of drug-likeness (QED) is 0.806. The lowest BCUT2D eigenvalue weighted by molar-refractivity contribution is -0.134. The van der Waals surface area contributed by atoms with Crippen molar-refractivity contribution in [3.8, 4) is 0 Å². The number of benzene rings is 2. The Bertz CT molecular complexity index is 883. The fraction of sp³-hybridized carbons (Fsp3) is 0.333. The molecule has 2 fully saturated rings. The smallest absolute Gasteiger partial charge is 0.253 e. The number of hydrogen-bond donors (Lipinski definition) is 2. The van der Waals surface area contributed by atoms with Gasteiger partial charge in [0.2, 0.25) is 5.91 Å². The van der Waals surface area contributed by atoms with Gasteiger partial charge in [-0.15, -0.1) is 0 Å². The minimum absolute atomic E-state index is 0.0304. The van der Waals surface area contributed by atoms with Crippen molar-refractivity contribution in [2.45, 2.75) is 18.5 Å². The first-order valence-corrected chi connectivity index (χ1v) is 9.99. The molecule has 2 aromatic rings. The van der Waals surface area contributed by atoms with Crippen LogP contribution < -0.4 is 10.9 Å². The molecule has 2 saturated heterocycles. The molecule has 2 amide bonds. The number of hydrogen-bond acceptors (Lipinski definition) is 4. The van der Waals surface area contributed by atoms with Gasteiger partial charge >= 0.3 is 0 Å². The molecule has 2 atom stereocenters. The third-order valence-electron chi connectivity index (χ3n) is 5.44. The number of carbonyl (C=O) groups is 2. The fourth-order valence-corrected chi connectivity index (χ4v) is 3.88. The Hall–Kier alpha value is -2.48. The van der Waals surface area contributed by atoms with Crippen LogP contribution in [0.25, 0.3) is 0 Å². The second-order valence-electron chi connectivity index (χ2n) is 7.31. The SMILES string of the molecule is O=C(c1ccc(F)cc1)N1CCN(C(=O)C2CC(c3ccc(Cl)cc3)NN2)CC1. The van der Waals surface area contributed by atoms with E-state index in [2.05, 4.69) is 10.9 Å². The van der Waals surface area contributed by atoms with Gasteiger partial charge in [0, 0.05) is 42.8 Å². The lowest BCUT2D eigenvalue weighted by Gasteiger charge is -2.36. The van der Waals surface area contributed by atoms with E-state index in [9.17, 15) is 14.0 Å². The Kier molecular flexibility index (Phi) is 5.80. The highest BCUT2D eigenvalue weighted by Gasteiger charge is 2.34. The summed E-state index contributed by atoms with van der Waals surface area (Å²) in [5, 5.41) is 0.681. The zero-order chi connectivity index (χ0) is 20.4. The molecule has 0 aliphatic carbocycles. The highest BCUT2D eigenvalue weighted by atomic mass is 35.5. The van der Waals surface area contributed by atoms with Crippen LogP contribution >= 0.6 is 11.6 Å². The molecule has 2 unspecified atom stereocenters. The average molecular weight is 417 g/mol. The Labute approximate surface area is 173 Å². The number of halogens is 2. The van der Waals surface area contributed by atoms with Crippen molar-refractivity contribution in [3.05, 3.63) is 70.5 Å². The number of nitrogens with zero attached hydrogens (tertiary/aromatic N) is 2. The molecule has 152 valence electrons. The summed E-state index contributed by atoms with van der Waals surface area (Å²) in [7, 11) is 0. The summed E-state index contributed by atoms with van der Waals surface area (Å²) < 4.78 is 13.0. The van der Waals surface area contributed by atoms with E-state index in [0.717, 1.165) is 5.56 Å². The summed E-state index contributed by atoms with van der Waals surface area (Å²) in [5.74, 6) is -0.477. The molecular weight excluding hydrogens is 395 g/mol. The van der Waals surface area contributed by atoms with Crippen molar-refractivity contribution >= 4 is 23.4 Å². The lowest BCUT2D eigenvalue weighted by atomic mass is 10.0. The molecule has 2 aliphatic heterocycles. The molecule has 8 heteroatoms. The summed E-state index contributed by atoms with van der Waals surface area (Å²) in [6, 6.07) is 12.9. The number of nitrogens with one attached hydrogen (secondary N) is 2. The lowest BCUT2D eigenvalue weighted by Crippen LogP contribution is -2.54. The van der Waals surface area contributed by atoms with E-state index in [-0.39, 0.29) is 29.7 Å². The van der Waals surface area contributed by atoms with Gasteiger partial charge in [-0.2, -0.15) is 0 Å². The highest BCUT2D eigenvalue weighted by molar-refractivity contribution is 6.30. The zero-order valence-electron chi connectivity index (χ0n) is 15.8. The van der Waals surface area contributed by atoms with E-state index in [1.54, 1.807) is 9.80 Å².